The maximum Gasteiger partial charge on any atom is 0.230 e. The molecule has 0 aliphatic carbocycles. The maximum absolute atomic E-state index is 12.5. The van der Waals surface area contributed by atoms with Gasteiger partial charge < -0.3 is 15.0 Å². The van der Waals surface area contributed by atoms with Gasteiger partial charge in [0.2, 0.25) is 5.91 Å². The molecular weight excluding hydrogens is 392 g/mol. The number of carbonyl (C=O) groups is 1. The van der Waals surface area contributed by atoms with E-state index in [9.17, 15) is 4.79 Å². The van der Waals surface area contributed by atoms with Crippen molar-refractivity contribution in [2.24, 2.45) is 0 Å². The molecule has 2 atom stereocenters. The van der Waals surface area contributed by atoms with E-state index in [0.29, 0.717) is 5.75 Å². The van der Waals surface area contributed by atoms with Gasteiger partial charge in [0.25, 0.3) is 0 Å². The van der Waals surface area contributed by atoms with Crippen molar-refractivity contribution in [2.75, 3.05) is 32.1 Å². The van der Waals surface area contributed by atoms with Crippen LogP contribution in [0.5, 0.6) is 0 Å². The highest BCUT2D eigenvalue weighted by Gasteiger charge is 2.32. The Balaban J connectivity index is 1.55. The SMILES string of the molecule is C[C@H](NC(=O)CSCc1ccc(Cl)cc1)[C@H](c1ccccc1)[NH+]1CCOCC1. The zero-order chi connectivity index (χ0) is 19.8. The van der Waals surface area contributed by atoms with Crippen LogP contribution in [0.25, 0.3) is 0 Å². The van der Waals surface area contributed by atoms with Crippen LogP contribution in [0.15, 0.2) is 54.6 Å². The van der Waals surface area contributed by atoms with Crippen molar-refractivity contribution >= 4 is 29.3 Å². The summed E-state index contributed by atoms with van der Waals surface area (Å²) < 4.78 is 5.53. The van der Waals surface area contributed by atoms with E-state index in [-0.39, 0.29) is 18.0 Å². The molecule has 1 aliphatic heterocycles. The van der Waals surface area contributed by atoms with Crippen molar-refractivity contribution in [1.82, 2.24) is 5.32 Å². The van der Waals surface area contributed by atoms with Gasteiger partial charge in [0.1, 0.15) is 19.1 Å². The van der Waals surface area contributed by atoms with Gasteiger partial charge in [-0.05, 0) is 24.6 Å². The van der Waals surface area contributed by atoms with Crippen LogP contribution in [0.1, 0.15) is 24.1 Å². The van der Waals surface area contributed by atoms with E-state index in [4.69, 9.17) is 16.3 Å². The fraction of sp³-hybridized carbons (Fsp3) is 0.409. The Kier molecular flexibility index (Phi) is 8.22. The molecule has 0 aromatic heterocycles. The smallest absolute Gasteiger partial charge is 0.230 e. The number of quaternary nitrogens is 1. The number of carbonyl (C=O) groups excluding carboxylic acids is 1. The van der Waals surface area contributed by atoms with E-state index in [2.05, 4.69) is 36.5 Å². The Hall–Kier alpha value is -1.53. The highest BCUT2D eigenvalue weighted by atomic mass is 35.5. The van der Waals surface area contributed by atoms with E-state index < -0.39 is 0 Å². The first-order chi connectivity index (χ1) is 13.6. The number of thioether (sulfide) groups is 1. The molecule has 1 fully saturated rings. The number of ether oxygens (including phenoxy) is 1. The van der Waals surface area contributed by atoms with Crippen molar-refractivity contribution in [2.45, 2.75) is 24.8 Å². The van der Waals surface area contributed by atoms with Crippen LogP contribution in [0, 0.1) is 0 Å². The Bertz CT molecular complexity index is 736. The number of hydrogen-bond donors (Lipinski definition) is 2. The molecule has 0 unspecified atom stereocenters. The zero-order valence-corrected chi connectivity index (χ0v) is 17.8. The summed E-state index contributed by atoms with van der Waals surface area (Å²) in [5.74, 6) is 1.34. The molecule has 2 N–H and O–H groups in total. The third-order valence-electron chi connectivity index (χ3n) is 5.04. The van der Waals surface area contributed by atoms with E-state index >= 15 is 0 Å². The number of rotatable bonds is 8. The van der Waals surface area contributed by atoms with Crippen LogP contribution in [0.3, 0.4) is 0 Å². The van der Waals surface area contributed by atoms with Gasteiger partial charge in [-0.15, -0.1) is 11.8 Å². The molecule has 4 nitrogen and oxygen atoms in total. The summed E-state index contributed by atoms with van der Waals surface area (Å²) in [7, 11) is 0. The molecule has 0 bridgehead atoms. The van der Waals surface area contributed by atoms with Gasteiger partial charge in [0.05, 0.1) is 25.0 Å². The largest absolute Gasteiger partial charge is 0.370 e. The molecule has 1 heterocycles. The minimum absolute atomic E-state index is 0.0548. The number of morpholine rings is 1. The second-order valence-electron chi connectivity index (χ2n) is 7.13. The Morgan fingerprint density at radius 1 is 1.14 bits per heavy atom. The average molecular weight is 420 g/mol. The molecule has 0 saturated carbocycles. The fourth-order valence-electron chi connectivity index (χ4n) is 3.70. The average Bonchev–Trinajstić information content (AvgIpc) is 2.71. The highest BCUT2D eigenvalue weighted by Crippen LogP contribution is 2.17. The third-order valence-corrected chi connectivity index (χ3v) is 6.29. The van der Waals surface area contributed by atoms with Crippen molar-refractivity contribution in [3.8, 4) is 0 Å². The Morgan fingerprint density at radius 3 is 2.50 bits per heavy atom. The summed E-state index contributed by atoms with van der Waals surface area (Å²) in [6, 6.07) is 18.5. The Morgan fingerprint density at radius 2 is 1.82 bits per heavy atom. The van der Waals surface area contributed by atoms with Crippen molar-refractivity contribution in [3.63, 3.8) is 0 Å². The summed E-state index contributed by atoms with van der Waals surface area (Å²) in [5, 5.41) is 3.96. The topological polar surface area (TPSA) is 42.8 Å². The minimum Gasteiger partial charge on any atom is -0.370 e. The van der Waals surface area contributed by atoms with Crippen LogP contribution >= 0.6 is 23.4 Å². The Labute approximate surface area is 176 Å². The molecule has 1 aliphatic rings. The lowest BCUT2D eigenvalue weighted by atomic mass is 9.98. The quantitative estimate of drug-likeness (QED) is 0.691. The lowest BCUT2D eigenvalue weighted by Gasteiger charge is -2.35. The van der Waals surface area contributed by atoms with Crippen LogP contribution in [0.4, 0.5) is 0 Å². The first kappa shape index (κ1) is 21.2. The molecule has 0 radical (unpaired) electrons. The normalized spacial score (nSPS) is 17.1. The second-order valence-corrected chi connectivity index (χ2v) is 8.56. The minimum atomic E-state index is 0.0548. The first-order valence-electron chi connectivity index (χ1n) is 9.72. The maximum atomic E-state index is 12.5. The predicted octanol–water partition coefficient (Wildman–Crippen LogP) is 2.73. The predicted molar refractivity (Wildman–Crippen MR) is 116 cm³/mol. The monoisotopic (exact) mass is 419 g/mol. The van der Waals surface area contributed by atoms with Gasteiger partial charge in [0, 0.05) is 16.3 Å². The number of hydrogen-bond acceptors (Lipinski definition) is 3. The van der Waals surface area contributed by atoms with Gasteiger partial charge >= 0.3 is 0 Å². The molecule has 28 heavy (non-hydrogen) atoms. The van der Waals surface area contributed by atoms with E-state index in [1.54, 1.807) is 11.8 Å². The molecule has 6 heteroatoms. The summed E-state index contributed by atoms with van der Waals surface area (Å²) >= 11 is 7.54. The fourth-order valence-corrected chi connectivity index (χ4v) is 4.63. The van der Waals surface area contributed by atoms with E-state index in [1.165, 1.54) is 16.0 Å². The lowest BCUT2D eigenvalue weighted by Crippen LogP contribution is -3.15. The molecule has 2 aromatic rings. The van der Waals surface area contributed by atoms with Crippen LogP contribution in [-0.2, 0) is 15.3 Å². The third kappa shape index (κ3) is 6.24. The van der Waals surface area contributed by atoms with Gasteiger partial charge in [-0.3, -0.25) is 4.79 Å². The summed E-state index contributed by atoms with van der Waals surface area (Å²) in [6.45, 7) is 5.59. The second kappa shape index (κ2) is 10.9. The summed E-state index contributed by atoms with van der Waals surface area (Å²) in [5.41, 5.74) is 2.44. The van der Waals surface area contributed by atoms with Gasteiger partial charge in [-0.2, -0.15) is 0 Å². The summed E-state index contributed by atoms with van der Waals surface area (Å²) in [6.07, 6.45) is 0. The molecule has 0 spiro atoms. The standard InChI is InChI=1S/C22H27ClN2O2S/c1-17(24-21(26)16-28-15-18-7-9-20(23)10-8-18)22(19-5-3-2-4-6-19)25-11-13-27-14-12-25/h2-10,17,22H,11-16H2,1H3,(H,24,26)/p+1/t17-,22+/m0/s1. The molecule has 2 aromatic carbocycles. The van der Waals surface area contributed by atoms with Crippen molar-refractivity contribution in [1.29, 1.82) is 0 Å². The molecule has 1 saturated heterocycles. The van der Waals surface area contributed by atoms with Crippen LogP contribution < -0.4 is 10.2 Å². The van der Waals surface area contributed by atoms with E-state index in [1.807, 2.05) is 30.3 Å². The van der Waals surface area contributed by atoms with Crippen molar-refractivity contribution in [3.05, 3.63) is 70.7 Å². The number of halogens is 1. The van der Waals surface area contributed by atoms with Crippen LogP contribution in [-0.4, -0.2) is 44.0 Å². The number of amides is 1. The van der Waals surface area contributed by atoms with Gasteiger partial charge in [0.15, 0.2) is 0 Å². The summed E-state index contributed by atoms with van der Waals surface area (Å²) in [4.78, 5) is 14.0. The molecule has 1 amide bonds. The molecule has 3 rings (SSSR count). The molecule has 150 valence electrons. The van der Waals surface area contributed by atoms with E-state index in [0.717, 1.165) is 37.1 Å². The lowest BCUT2D eigenvalue weighted by molar-refractivity contribution is -0.940. The highest BCUT2D eigenvalue weighted by molar-refractivity contribution is 7.99. The first-order valence-corrected chi connectivity index (χ1v) is 11.3. The van der Waals surface area contributed by atoms with Crippen molar-refractivity contribution < 1.29 is 14.4 Å². The zero-order valence-electron chi connectivity index (χ0n) is 16.2. The van der Waals surface area contributed by atoms with Gasteiger partial charge in [-0.25, -0.2) is 0 Å². The van der Waals surface area contributed by atoms with Crippen LogP contribution in [0.2, 0.25) is 5.02 Å². The number of nitrogens with one attached hydrogen (secondary N) is 2. The van der Waals surface area contributed by atoms with Gasteiger partial charge in [-0.1, -0.05) is 54.1 Å². The number of benzene rings is 2. The molecular formula is C22H28ClN2O2S+.